The smallest absolute Gasteiger partial charge is 0.0893 e. The summed E-state index contributed by atoms with van der Waals surface area (Å²) in [4.78, 5) is 18.9. The van der Waals surface area contributed by atoms with Crippen molar-refractivity contribution in [3.63, 3.8) is 0 Å². The Morgan fingerprint density at radius 2 is 0.979 bits per heavy atom. The van der Waals surface area contributed by atoms with Gasteiger partial charge in [0.15, 0.2) is 0 Å². The second-order valence-electron chi connectivity index (χ2n) is 12.6. The number of aromatic nitrogens is 4. The van der Waals surface area contributed by atoms with Crippen molar-refractivity contribution in [1.29, 1.82) is 0 Å². The molecule has 0 amide bonds. The van der Waals surface area contributed by atoms with Gasteiger partial charge in [0.25, 0.3) is 0 Å². The van der Waals surface area contributed by atoms with Crippen molar-refractivity contribution >= 4 is 43.6 Å². The molecule has 0 saturated carbocycles. The van der Waals surface area contributed by atoms with Gasteiger partial charge in [-0.2, -0.15) is 0 Å². The van der Waals surface area contributed by atoms with Gasteiger partial charge in [-0.1, -0.05) is 87.6 Å². The normalized spacial score (nSPS) is 11.7. The van der Waals surface area contributed by atoms with Gasteiger partial charge in [-0.25, -0.2) is 0 Å². The zero-order valence-corrected chi connectivity index (χ0v) is 27.5. The number of aryl methyl sites for hydroxylation is 2. The van der Waals surface area contributed by atoms with Crippen LogP contribution in [0.3, 0.4) is 0 Å². The molecule has 0 aliphatic heterocycles. The molecule has 5 nitrogen and oxygen atoms in total. The van der Waals surface area contributed by atoms with E-state index in [4.69, 9.17) is 24.7 Å². The van der Waals surface area contributed by atoms with Gasteiger partial charge >= 0.3 is 0 Å². The Labute approximate surface area is 277 Å². The molecular formula is C42H42N4O. The van der Waals surface area contributed by atoms with Crippen LogP contribution in [0.5, 0.6) is 0 Å². The van der Waals surface area contributed by atoms with E-state index in [1.165, 1.54) is 76.3 Å². The lowest BCUT2D eigenvalue weighted by atomic mass is 9.83. The van der Waals surface area contributed by atoms with Crippen LogP contribution in [0.2, 0.25) is 0 Å². The number of hydrogen-bond acceptors (Lipinski definition) is 5. The summed E-state index contributed by atoms with van der Waals surface area (Å²) >= 11 is 0. The standard InChI is InChI=1S/C42H42N4O/c1-3-4-5-6-7-12-23-47-24-13-16-30-15-9-11-18-32(30)42-35-27-39-37(43-19-21-45-39)25-33(35)41(31-17-10-8-14-29(31)2)34-26-38-40(28-36(34)42)46-22-20-44-38/h8-11,14-15,17-22,25-28H,3-7,12-13,16,23-24H2,1-2H3. The van der Waals surface area contributed by atoms with E-state index in [1.54, 1.807) is 24.8 Å². The van der Waals surface area contributed by atoms with Gasteiger partial charge in [0.05, 0.1) is 22.1 Å². The van der Waals surface area contributed by atoms with Crippen LogP contribution >= 0.6 is 0 Å². The summed E-state index contributed by atoms with van der Waals surface area (Å²) in [6, 6.07) is 26.4. The van der Waals surface area contributed by atoms with Crippen LogP contribution in [-0.2, 0) is 11.2 Å². The van der Waals surface area contributed by atoms with Crippen LogP contribution in [0.15, 0.2) is 97.6 Å². The first-order valence-electron chi connectivity index (χ1n) is 17.2. The van der Waals surface area contributed by atoms with E-state index in [2.05, 4.69) is 86.6 Å². The Balaban J connectivity index is 1.37. The van der Waals surface area contributed by atoms with Crippen molar-refractivity contribution in [2.45, 2.75) is 65.2 Å². The Kier molecular flexibility index (Phi) is 9.43. The number of unbranched alkanes of at least 4 members (excludes halogenated alkanes) is 5. The third-order valence-electron chi connectivity index (χ3n) is 9.37. The summed E-state index contributed by atoms with van der Waals surface area (Å²) in [6.07, 6.45) is 16.7. The predicted octanol–water partition coefficient (Wildman–Crippen LogP) is 10.8. The molecule has 0 bridgehead atoms. The highest BCUT2D eigenvalue weighted by Crippen LogP contribution is 2.46. The quantitative estimate of drug-likeness (QED) is 0.0950. The second-order valence-corrected chi connectivity index (χ2v) is 12.6. The molecule has 5 heteroatoms. The van der Waals surface area contributed by atoms with E-state index in [0.29, 0.717) is 0 Å². The van der Waals surface area contributed by atoms with Crippen LogP contribution < -0.4 is 0 Å². The van der Waals surface area contributed by atoms with Crippen LogP contribution in [0.1, 0.15) is 63.0 Å². The Morgan fingerprint density at radius 1 is 0.511 bits per heavy atom. The van der Waals surface area contributed by atoms with Crippen molar-refractivity contribution in [2.24, 2.45) is 0 Å². The molecule has 0 fully saturated rings. The third kappa shape index (κ3) is 6.45. The molecule has 0 atom stereocenters. The fraction of sp³-hybridized carbons (Fsp3) is 0.286. The lowest BCUT2D eigenvalue weighted by molar-refractivity contribution is 0.127. The highest BCUT2D eigenvalue weighted by atomic mass is 16.5. The first-order chi connectivity index (χ1) is 23.2. The van der Waals surface area contributed by atoms with Crippen LogP contribution in [0.25, 0.3) is 65.9 Å². The molecule has 236 valence electrons. The molecule has 0 radical (unpaired) electrons. The molecule has 0 aliphatic carbocycles. The largest absolute Gasteiger partial charge is 0.381 e. The number of ether oxygens (including phenoxy) is 1. The topological polar surface area (TPSA) is 60.8 Å². The third-order valence-corrected chi connectivity index (χ3v) is 9.37. The molecule has 0 aliphatic rings. The molecule has 5 aromatic carbocycles. The van der Waals surface area contributed by atoms with Crippen molar-refractivity contribution in [3.05, 3.63) is 109 Å². The minimum absolute atomic E-state index is 0.775. The lowest BCUT2D eigenvalue weighted by Crippen LogP contribution is -2.01. The van der Waals surface area contributed by atoms with Gasteiger partial charge in [-0.05, 0) is 105 Å². The molecule has 0 unspecified atom stereocenters. The highest BCUT2D eigenvalue weighted by molar-refractivity contribution is 6.25. The maximum Gasteiger partial charge on any atom is 0.0893 e. The summed E-state index contributed by atoms with van der Waals surface area (Å²) in [6.45, 7) is 6.08. The monoisotopic (exact) mass is 618 g/mol. The zero-order chi connectivity index (χ0) is 32.0. The minimum Gasteiger partial charge on any atom is -0.381 e. The SMILES string of the molecule is CCCCCCCCOCCCc1ccccc1-c1c2cc3nccnc3cc2c(-c2ccccc2C)c2cc3nccnc3cc12. The maximum atomic E-state index is 6.09. The van der Waals surface area contributed by atoms with Crippen molar-refractivity contribution in [3.8, 4) is 22.3 Å². The molecule has 2 heterocycles. The number of nitrogens with zero attached hydrogens (tertiary/aromatic N) is 4. The van der Waals surface area contributed by atoms with Crippen LogP contribution in [-0.4, -0.2) is 33.1 Å². The van der Waals surface area contributed by atoms with Crippen LogP contribution in [0.4, 0.5) is 0 Å². The summed E-state index contributed by atoms with van der Waals surface area (Å²) < 4.78 is 6.09. The van der Waals surface area contributed by atoms with Gasteiger partial charge in [0, 0.05) is 38.0 Å². The van der Waals surface area contributed by atoms with Gasteiger partial charge in [-0.15, -0.1) is 0 Å². The molecule has 47 heavy (non-hydrogen) atoms. The summed E-state index contributed by atoms with van der Waals surface area (Å²) in [7, 11) is 0. The van der Waals surface area contributed by atoms with Crippen molar-refractivity contribution in [2.75, 3.05) is 13.2 Å². The second kappa shape index (κ2) is 14.4. The fourth-order valence-corrected chi connectivity index (χ4v) is 7.01. The number of benzene rings is 5. The molecule has 0 N–H and O–H groups in total. The van der Waals surface area contributed by atoms with E-state index in [-0.39, 0.29) is 0 Å². The van der Waals surface area contributed by atoms with Gasteiger partial charge in [0.2, 0.25) is 0 Å². The summed E-state index contributed by atoms with van der Waals surface area (Å²) in [5.74, 6) is 0. The fourth-order valence-electron chi connectivity index (χ4n) is 7.01. The average molecular weight is 619 g/mol. The first kappa shape index (κ1) is 30.9. The molecule has 2 aromatic heterocycles. The first-order valence-corrected chi connectivity index (χ1v) is 17.2. The average Bonchev–Trinajstić information content (AvgIpc) is 3.10. The Morgan fingerprint density at radius 3 is 1.55 bits per heavy atom. The minimum atomic E-state index is 0.775. The van der Waals surface area contributed by atoms with E-state index in [9.17, 15) is 0 Å². The maximum absolute atomic E-state index is 6.09. The summed E-state index contributed by atoms with van der Waals surface area (Å²) in [5, 5.41) is 4.66. The van der Waals surface area contributed by atoms with E-state index in [0.717, 1.165) is 65.3 Å². The molecular weight excluding hydrogens is 576 g/mol. The van der Waals surface area contributed by atoms with Gasteiger partial charge in [-0.3, -0.25) is 19.9 Å². The molecule has 7 aromatic rings. The van der Waals surface area contributed by atoms with Gasteiger partial charge in [0.1, 0.15) is 0 Å². The van der Waals surface area contributed by atoms with E-state index < -0.39 is 0 Å². The predicted molar refractivity (Wildman–Crippen MR) is 196 cm³/mol. The number of rotatable bonds is 13. The van der Waals surface area contributed by atoms with Crippen LogP contribution in [0, 0.1) is 6.92 Å². The Bertz CT molecular complexity index is 2080. The molecule has 0 saturated heterocycles. The van der Waals surface area contributed by atoms with Gasteiger partial charge < -0.3 is 4.74 Å². The number of fused-ring (bicyclic) bond motifs is 4. The van der Waals surface area contributed by atoms with Crippen molar-refractivity contribution in [1.82, 2.24) is 19.9 Å². The highest BCUT2D eigenvalue weighted by Gasteiger charge is 2.21. The molecule has 0 spiro atoms. The molecule has 7 rings (SSSR count). The number of hydrogen-bond donors (Lipinski definition) is 0. The lowest BCUT2D eigenvalue weighted by Gasteiger charge is -2.21. The van der Waals surface area contributed by atoms with Crippen molar-refractivity contribution < 1.29 is 4.74 Å². The van der Waals surface area contributed by atoms with E-state index >= 15 is 0 Å². The Hall–Kier alpha value is -4.74. The summed E-state index contributed by atoms with van der Waals surface area (Å²) in [5.41, 5.74) is 10.9. The van der Waals surface area contributed by atoms with E-state index in [1.807, 2.05) is 0 Å². The zero-order valence-electron chi connectivity index (χ0n) is 27.5.